The molecule has 0 saturated carbocycles. The van der Waals surface area contributed by atoms with Gasteiger partial charge < -0.3 is 19.5 Å². The first-order valence-corrected chi connectivity index (χ1v) is 13.3. The van der Waals surface area contributed by atoms with Crippen molar-refractivity contribution in [2.24, 2.45) is 10.2 Å². The monoisotopic (exact) mass is 523 g/mol. The first-order chi connectivity index (χ1) is 17.5. The number of ether oxygens (including phenoxy) is 2. The Bertz CT molecular complexity index is 788. The van der Waals surface area contributed by atoms with Crippen LogP contribution in [0.4, 0.5) is 4.39 Å². The van der Waals surface area contributed by atoms with Crippen molar-refractivity contribution in [1.82, 2.24) is 4.90 Å². The molecular formula is C28H46FN3O3S. The van der Waals surface area contributed by atoms with Gasteiger partial charge in [-0.05, 0) is 38.3 Å². The summed E-state index contributed by atoms with van der Waals surface area (Å²) >= 11 is 1.53. The number of allylic oxidation sites excluding steroid dienone is 3. The van der Waals surface area contributed by atoms with Gasteiger partial charge in [0.05, 0.1) is 32.3 Å². The summed E-state index contributed by atoms with van der Waals surface area (Å²) in [6, 6.07) is 6.29. The maximum atomic E-state index is 13.4. The van der Waals surface area contributed by atoms with Crippen LogP contribution in [0.5, 0.6) is 5.75 Å². The molecule has 36 heavy (non-hydrogen) atoms. The molecule has 0 radical (unpaired) electrons. The molecule has 0 aromatic heterocycles. The van der Waals surface area contributed by atoms with E-state index in [2.05, 4.69) is 42.0 Å². The number of hydrogen-bond donors (Lipinski definition) is 1. The molecule has 0 saturated heterocycles. The van der Waals surface area contributed by atoms with E-state index in [1.54, 1.807) is 36.4 Å². The zero-order chi connectivity index (χ0) is 28.0. The number of thioether (sulfide) groups is 1. The quantitative estimate of drug-likeness (QED) is 0.0897. The Morgan fingerprint density at radius 3 is 2.39 bits per heavy atom. The third kappa shape index (κ3) is 24.5. The highest BCUT2D eigenvalue weighted by Crippen LogP contribution is 2.15. The number of benzene rings is 1. The second-order valence-electron chi connectivity index (χ2n) is 6.37. The summed E-state index contributed by atoms with van der Waals surface area (Å²) in [4.78, 5) is 2.12. The standard InChI is InChI=1S/C20H23FN2O3S.C4H11N.2C2H6/c1-3-4-8-17(9-7-12-24)15-22-23-20(25-2)16-27-14-13-26-19-11-6-5-10-18(19)21;1-4-5(2)3;2*1-2/h1,5-11,15,24H,4,12-14,16H2,2H3;4H2,1-3H3;2*1-2H3/b9-7-,17-8+,22-15+,23-20-;;;. The van der Waals surface area contributed by atoms with Crippen molar-refractivity contribution in [3.05, 3.63) is 53.9 Å². The Labute approximate surface area is 223 Å². The van der Waals surface area contributed by atoms with E-state index in [4.69, 9.17) is 21.0 Å². The summed E-state index contributed by atoms with van der Waals surface area (Å²) in [5, 5.41) is 16.8. The molecule has 0 aliphatic heterocycles. The summed E-state index contributed by atoms with van der Waals surface area (Å²) in [5.41, 5.74) is 0.743. The lowest BCUT2D eigenvalue weighted by Gasteiger charge is -2.07. The van der Waals surface area contributed by atoms with Crippen LogP contribution in [0.15, 0.2) is 58.3 Å². The van der Waals surface area contributed by atoms with Gasteiger partial charge in [0, 0.05) is 12.2 Å². The summed E-state index contributed by atoms with van der Waals surface area (Å²) in [7, 11) is 5.63. The smallest absolute Gasteiger partial charge is 0.218 e. The number of terminal acetylenes is 1. The molecule has 1 aromatic carbocycles. The number of methoxy groups -OCH3 is 1. The molecular weight excluding hydrogens is 477 g/mol. The van der Waals surface area contributed by atoms with Gasteiger partial charge >= 0.3 is 0 Å². The van der Waals surface area contributed by atoms with Gasteiger partial charge in [0.15, 0.2) is 11.6 Å². The largest absolute Gasteiger partial charge is 0.490 e. The highest BCUT2D eigenvalue weighted by molar-refractivity contribution is 7.99. The Kier molecular flexibility index (Phi) is 32.1. The lowest BCUT2D eigenvalue weighted by molar-refractivity contribution is 0.325. The van der Waals surface area contributed by atoms with Crippen LogP contribution >= 0.6 is 11.8 Å². The molecule has 0 heterocycles. The second-order valence-corrected chi connectivity index (χ2v) is 7.47. The minimum absolute atomic E-state index is 0.0700. The van der Waals surface area contributed by atoms with Crippen LogP contribution in [0.2, 0.25) is 0 Å². The van der Waals surface area contributed by atoms with Gasteiger partial charge in [0.2, 0.25) is 5.90 Å². The van der Waals surface area contributed by atoms with Crippen molar-refractivity contribution in [2.75, 3.05) is 52.5 Å². The predicted molar refractivity (Wildman–Crippen MR) is 157 cm³/mol. The topological polar surface area (TPSA) is 66.7 Å². The number of hydrogen-bond acceptors (Lipinski definition) is 7. The molecule has 1 rings (SSSR count). The van der Waals surface area contributed by atoms with Crippen LogP contribution in [0, 0.1) is 18.2 Å². The summed E-state index contributed by atoms with van der Waals surface area (Å²) < 4.78 is 24.0. The number of halogens is 1. The molecule has 1 N–H and O–H groups in total. The van der Waals surface area contributed by atoms with Gasteiger partial charge in [0.25, 0.3) is 0 Å². The van der Waals surface area contributed by atoms with E-state index in [0.29, 0.717) is 30.4 Å². The van der Waals surface area contributed by atoms with Gasteiger partial charge in [-0.15, -0.1) is 29.2 Å². The van der Waals surface area contributed by atoms with E-state index in [1.807, 2.05) is 27.7 Å². The molecule has 0 aliphatic rings. The highest BCUT2D eigenvalue weighted by Gasteiger charge is 2.02. The number of aliphatic hydroxyl groups excluding tert-OH is 1. The highest BCUT2D eigenvalue weighted by atomic mass is 32.2. The van der Waals surface area contributed by atoms with Crippen LogP contribution in [-0.2, 0) is 4.74 Å². The fourth-order valence-corrected chi connectivity index (χ4v) is 2.45. The maximum absolute atomic E-state index is 13.4. The van der Waals surface area contributed by atoms with Gasteiger partial charge in [-0.3, -0.25) is 0 Å². The van der Waals surface area contributed by atoms with E-state index in [-0.39, 0.29) is 18.2 Å². The lowest BCUT2D eigenvalue weighted by atomic mass is 10.2. The van der Waals surface area contributed by atoms with Crippen LogP contribution in [0.1, 0.15) is 41.0 Å². The van der Waals surface area contributed by atoms with Crippen LogP contribution in [-0.4, -0.2) is 74.6 Å². The third-order valence-corrected chi connectivity index (χ3v) is 4.57. The second kappa shape index (κ2) is 30.4. The van der Waals surface area contributed by atoms with Crippen LogP contribution < -0.4 is 4.74 Å². The van der Waals surface area contributed by atoms with Crippen molar-refractivity contribution in [2.45, 2.75) is 41.0 Å². The molecule has 0 fully saturated rings. The van der Waals surface area contributed by atoms with E-state index in [1.165, 1.54) is 31.2 Å². The minimum Gasteiger partial charge on any atom is -0.490 e. The Morgan fingerprint density at radius 1 is 1.22 bits per heavy atom. The Balaban J connectivity index is -0.00000105. The SMILES string of the molecule is C#CC/C=C(\C=C/CO)/C=N/N=C(/CSCCOc1ccccc1F)OC.CC.CC.CCN(C)C. The average Bonchev–Trinajstić information content (AvgIpc) is 2.92. The molecule has 204 valence electrons. The summed E-state index contributed by atoms with van der Waals surface area (Å²) in [5.74, 6) is 3.97. The maximum Gasteiger partial charge on any atom is 0.218 e. The van der Waals surface area contributed by atoms with E-state index in [0.717, 1.165) is 12.1 Å². The van der Waals surface area contributed by atoms with Crippen molar-refractivity contribution >= 4 is 23.9 Å². The zero-order valence-corrected chi connectivity index (χ0v) is 24.1. The molecule has 1 aromatic rings. The van der Waals surface area contributed by atoms with Gasteiger partial charge in [-0.2, -0.15) is 5.10 Å². The fourth-order valence-electron chi connectivity index (χ4n) is 1.75. The van der Waals surface area contributed by atoms with Gasteiger partial charge in [0.1, 0.15) is 0 Å². The average molecular weight is 524 g/mol. The first-order valence-electron chi connectivity index (χ1n) is 12.1. The van der Waals surface area contributed by atoms with E-state index >= 15 is 0 Å². The van der Waals surface area contributed by atoms with Gasteiger partial charge in [-0.1, -0.05) is 65.0 Å². The molecule has 0 unspecified atom stereocenters. The Morgan fingerprint density at radius 2 is 1.86 bits per heavy atom. The molecule has 0 spiro atoms. The number of para-hydroxylation sites is 1. The predicted octanol–water partition coefficient (Wildman–Crippen LogP) is 6.09. The van der Waals surface area contributed by atoms with Crippen molar-refractivity contribution in [3.8, 4) is 18.1 Å². The van der Waals surface area contributed by atoms with E-state index in [9.17, 15) is 4.39 Å². The van der Waals surface area contributed by atoms with Crippen LogP contribution in [0.25, 0.3) is 0 Å². The van der Waals surface area contributed by atoms with Gasteiger partial charge in [-0.25, -0.2) is 4.39 Å². The normalized spacial score (nSPS) is 11.1. The van der Waals surface area contributed by atoms with Crippen LogP contribution in [0.3, 0.4) is 0 Å². The summed E-state index contributed by atoms with van der Waals surface area (Å²) in [6.07, 6.45) is 12.3. The summed E-state index contributed by atoms with van der Waals surface area (Å²) in [6.45, 7) is 11.6. The third-order valence-electron chi connectivity index (χ3n) is 3.66. The molecule has 0 amide bonds. The van der Waals surface area contributed by atoms with Crippen molar-refractivity contribution in [1.29, 1.82) is 0 Å². The van der Waals surface area contributed by atoms with Crippen molar-refractivity contribution in [3.63, 3.8) is 0 Å². The van der Waals surface area contributed by atoms with Crippen molar-refractivity contribution < 1.29 is 19.0 Å². The zero-order valence-electron chi connectivity index (χ0n) is 23.3. The number of rotatable bonds is 12. The number of nitrogens with zero attached hydrogens (tertiary/aromatic N) is 3. The minimum atomic E-state index is -0.375. The molecule has 6 nitrogen and oxygen atoms in total. The molecule has 0 aliphatic carbocycles. The van der Waals surface area contributed by atoms with E-state index < -0.39 is 0 Å². The molecule has 0 bridgehead atoms. The fraction of sp³-hybridized carbons (Fsp3) is 0.500. The number of aliphatic hydroxyl groups is 1. The molecule has 0 atom stereocenters. The lowest BCUT2D eigenvalue weighted by Crippen LogP contribution is -2.08. The Hall–Kier alpha value is -2.60. The molecule has 8 heteroatoms. The first kappa shape index (κ1) is 37.9.